The van der Waals surface area contributed by atoms with Crippen molar-refractivity contribution in [2.45, 2.75) is 71.8 Å². The Morgan fingerprint density at radius 2 is 1.79 bits per heavy atom. The van der Waals surface area contributed by atoms with Gasteiger partial charge in [0.2, 0.25) is 0 Å². The Kier molecular flexibility index (Phi) is 8.70. The average Bonchev–Trinajstić information content (AvgIpc) is 2.15. The number of unbranched alkanes of at least 4 members (excludes halogenated alkanes) is 1. The summed E-state index contributed by atoms with van der Waals surface area (Å²) in [5, 5.41) is 0. The van der Waals surface area contributed by atoms with Gasteiger partial charge in [-0.25, -0.2) is 0 Å². The monoisotopic (exact) mass is 198 g/mol. The van der Waals surface area contributed by atoms with Crippen molar-refractivity contribution in [3.05, 3.63) is 0 Å². The molecule has 0 aromatic carbocycles. The van der Waals surface area contributed by atoms with Gasteiger partial charge in [0.15, 0.2) is 0 Å². The zero-order chi connectivity index (χ0) is 10.8. The van der Waals surface area contributed by atoms with E-state index in [2.05, 4.69) is 25.8 Å². The lowest BCUT2D eigenvalue weighted by Gasteiger charge is -2.11. The average molecular weight is 198 g/mol. The Bertz CT molecular complexity index is 152. The molecule has 0 aliphatic carbocycles. The molecule has 0 fully saturated rings. The molecule has 2 nitrogen and oxygen atoms in total. The second kappa shape index (κ2) is 9.04. The van der Waals surface area contributed by atoms with Crippen LogP contribution in [0, 0.1) is 0 Å². The molecule has 0 aliphatic heterocycles. The molecule has 0 amide bonds. The summed E-state index contributed by atoms with van der Waals surface area (Å²) in [6, 6.07) is 0.478. The van der Waals surface area contributed by atoms with Crippen LogP contribution in [0.4, 0.5) is 0 Å². The minimum atomic E-state index is 0.478. The number of nitrogens with two attached hydrogens (primary N) is 1. The lowest BCUT2D eigenvalue weighted by Crippen LogP contribution is -2.16. The van der Waals surface area contributed by atoms with Crippen LogP contribution in [0.15, 0.2) is 4.99 Å². The predicted octanol–water partition coefficient (Wildman–Crippen LogP) is 3.50. The Hall–Kier alpha value is -0.530. The maximum absolute atomic E-state index is 5.84. The van der Waals surface area contributed by atoms with Crippen molar-refractivity contribution < 1.29 is 0 Å². The van der Waals surface area contributed by atoms with Crippen LogP contribution < -0.4 is 5.73 Å². The highest BCUT2D eigenvalue weighted by molar-refractivity contribution is 5.80. The summed E-state index contributed by atoms with van der Waals surface area (Å²) in [7, 11) is 0. The van der Waals surface area contributed by atoms with Crippen molar-refractivity contribution in [3.8, 4) is 0 Å². The molecule has 0 bridgehead atoms. The first-order valence-electron chi connectivity index (χ1n) is 6.06. The second-order valence-corrected chi connectivity index (χ2v) is 3.96. The molecular weight excluding hydrogens is 172 g/mol. The molecule has 0 heterocycles. The minimum absolute atomic E-state index is 0.478. The first-order valence-corrected chi connectivity index (χ1v) is 6.06. The minimum Gasteiger partial charge on any atom is -0.387 e. The van der Waals surface area contributed by atoms with Crippen molar-refractivity contribution in [1.29, 1.82) is 0 Å². The van der Waals surface area contributed by atoms with Gasteiger partial charge in [0.25, 0.3) is 0 Å². The molecule has 0 aromatic rings. The smallest absolute Gasteiger partial charge is 0.0940 e. The summed E-state index contributed by atoms with van der Waals surface area (Å²) in [6.45, 7) is 6.58. The van der Waals surface area contributed by atoms with Gasteiger partial charge in [0.1, 0.15) is 0 Å². The molecule has 0 saturated carbocycles. The summed E-state index contributed by atoms with van der Waals surface area (Å²) in [4.78, 5) is 4.59. The van der Waals surface area contributed by atoms with Crippen LogP contribution in [-0.4, -0.2) is 11.9 Å². The van der Waals surface area contributed by atoms with Crippen molar-refractivity contribution >= 4 is 5.84 Å². The van der Waals surface area contributed by atoms with Gasteiger partial charge < -0.3 is 5.73 Å². The molecular formula is C12H26N2. The Balaban J connectivity index is 3.98. The maximum atomic E-state index is 5.84. The number of nitrogens with zero attached hydrogens (tertiary/aromatic N) is 1. The maximum Gasteiger partial charge on any atom is 0.0940 e. The molecule has 1 atom stereocenters. The van der Waals surface area contributed by atoms with Crippen molar-refractivity contribution in [1.82, 2.24) is 0 Å². The Morgan fingerprint density at radius 1 is 1.07 bits per heavy atom. The largest absolute Gasteiger partial charge is 0.387 e. The summed E-state index contributed by atoms with van der Waals surface area (Å²) in [5.74, 6) is 0.849. The summed E-state index contributed by atoms with van der Waals surface area (Å²) in [5.41, 5.74) is 5.84. The van der Waals surface area contributed by atoms with E-state index in [1.807, 2.05) is 0 Å². The third-order valence-corrected chi connectivity index (χ3v) is 2.37. The van der Waals surface area contributed by atoms with Crippen LogP contribution in [0.1, 0.15) is 65.7 Å². The van der Waals surface area contributed by atoms with Gasteiger partial charge in [-0.15, -0.1) is 0 Å². The van der Waals surface area contributed by atoms with E-state index in [-0.39, 0.29) is 0 Å². The Morgan fingerprint density at radius 3 is 2.29 bits per heavy atom. The van der Waals surface area contributed by atoms with Crippen molar-refractivity contribution in [2.24, 2.45) is 10.7 Å². The van der Waals surface area contributed by atoms with Crippen LogP contribution in [0.25, 0.3) is 0 Å². The SMILES string of the molecule is CCCCC(CCC)N=C(N)CCC. The normalized spacial score (nSPS) is 14.4. The fourth-order valence-corrected chi connectivity index (χ4v) is 1.60. The van der Waals surface area contributed by atoms with Crippen LogP contribution in [-0.2, 0) is 0 Å². The van der Waals surface area contributed by atoms with Crippen molar-refractivity contribution in [3.63, 3.8) is 0 Å². The number of amidine groups is 1. The zero-order valence-corrected chi connectivity index (χ0v) is 10.1. The van der Waals surface area contributed by atoms with Crippen LogP contribution in [0.2, 0.25) is 0 Å². The van der Waals surface area contributed by atoms with Gasteiger partial charge in [0.05, 0.1) is 11.9 Å². The quantitative estimate of drug-likeness (QED) is 0.470. The van der Waals surface area contributed by atoms with E-state index >= 15 is 0 Å². The standard InChI is InChI=1S/C12H26N2/c1-4-7-10-11(8-5-2)14-12(13)9-6-3/h11H,4-10H2,1-3H3,(H2,13,14). The number of hydrogen-bond acceptors (Lipinski definition) is 1. The first-order chi connectivity index (χ1) is 6.74. The summed E-state index contributed by atoms with van der Waals surface area (Å²) < 4.78 is 0. The fraction of sp³-hybridized carbons (Fsp3) is 0.917. The van der Waals surface area contributed by atoms with E-state index in [1.54, 1.807) is 0 Å². The molecule has 1 unspecified atom stereocenters. The molecule has 0 saturated heterocycles. The Labute approximate surface area is 89.0 Å². The van der Waals surface area contributed by atoms with E-state index in [1.165, 1.54) is 32.1 Å². The van der Waals surface area contributed by atoms with Crippen molar-refractivity contribution in [2.75, 3.05) is 0 Å². The molecule has 0 aromatic heterocycles. The fourth-order valence-electron chi connectivity index (χ4n) is 1.60. The van der Waals surface area contributed by atoms with Crippen LogP contribution >= 0.6 is 0 Å². The molecule has 2 N–H and O–H groups in total. The second-order valence-electron chi connectivity index (χ2n) is 3.96. The topological polar surface area (TPSA) is 38.4 Å². The molecule has 0 spiro atoms. The predicted molar refractivity (Wildman–Crippen MR) is 64.8 cm³/mol. The third-order valence-electron chi connectivity index (χ3n) is 2.37. The molecule has 0 aliphatic rings. The molecule has 84 valence electrons. The summed E-state index contributed by atoms with van der Waals surface area (Å²) >= 11 is 0. The highest BCUT2D eigenvalue weighted by Gasteiger charge is 2.05. The van der Waals surface area contributed by atoms with E-state index in [0.29, 0.717) is 6.04 Å². The lowest BCUT2D eigenvalue weighted by molar-refractivity contribution is 0.536. The highest BCUT2D eigenvalue weighted by Crippen LogP contribution is 2.11. The van der Waals surface area contributed by atoms with E-state index in [9.17, 15) is 0 Å². The lowest BCUT2D eigenvalue weighted by atomic mass is 10.1. The van der Waals surface area contributed by atoms with Gasteiger partial charge in [-0.05, 0) is 19.3 Å². The highest BCUT2D eigenvalue weighted by atomic mass is 14.9. The number of rotatable bonds is 8. The van der Waals surface area contributed by atoms with Gasteiger partial charge in [-0.2, -0.15) is 0 Å². The number of hydrogen-bond donors (Lipinski definition) is 1. The van der Waals surface area contributed by atoms with Gasteiger partial charge in [-0.1, -0.05) is 40.0 Å². The van der Waals surface area contributed by atoms with Gasteiger partial charge in [-0.3, -0.25) is 4.99 Å². The number of aliphatic imine (C=N–C) groups is 1. The van der Waals surface area contributed by atoms with E-state index in [4.69, 9.17) is 5.73 Å². The van der Waals surface area contributed by atoms with Crippen LogP contribution in [0.3, 0.4) is 0 Å². The van der Waals surface area contributed by atoms with Gasteiger partial charge in [0, 0.05) is 6.42 Å². The molecule has 2 heteroatoms. The molecule has 0 rings (SSSR count). The van der Waals surface area contributed by atoms with Crippen LogP contribution in [0.5, 0.6) is 0 Å². The summed E-state index contributed by atoms with van der Waals surface area (Å²) in [6.07, 6.45) is 8.17. The van der Waals surface area contributed by atoms with E-state index < -0.39 is 0 Å². The zero-order valence-electron chi connectivity index (χ0n) is 10.1. The molecule has 14 heavy (non-hydrogen) atoms. The first kappa shape index (κ1) is 13.5. The molecule has 0 radical (unpaired) electrons. The van der Waals surface area contributed by atoms with Gasteiger partial charge >= 0.3 is 0 Å². The third kappa shape index (κ3) is 6.93. The van der Waals surface area contributed by atoms with E-state index in [0.717, 1.165) is 18.7 Å².